The number of benzene rings is 3. The Morgan fingerprint density at radius 1 is 0.893 bits per heavy atom. The molecule has 4 aromatic rings. The number of hydrogen-bond donors (Lipinski definition) is 0. The van der Waals surface area contributed by atoms with Crippen LogP contribution in [-0.4, -0.2) is 6.36 Å². The number of halogens is 4. The Kier molecular flexibility index (Phi) is 5.13. The molecule has 2 nitrogen and oxygen atoms in total. The lowest BCUT2D eigenvalue weighted by Gasteiger charge is -2.21. The molecule has 28 heavy (non-hydrogen) atoms. The molecule has 144 valence electrons. The Labute approximate surface area is 178 Å². The Bertz CT molecular complexity index is 1160. The Hall–Kier alpha value is -2.00. The molecule has 0 atom stereocenters. The molecular weight excluding hydrogens is 498 g/mol. The first-order valence-corrected chi connectivity index (χ1v) is 10.4. The largest absolute Gasteiger partial charge is 0.573 e. The quantitative estimate of drug-likeness (QED) is 0.203. The molecule has 0 aliphatic heterocycles. The zero-order valence-electron chi connectivity index (χ0n) is 14.8. The van der Waals surface area contributed by atoms with Crippen LogP contribution in [0, 0.1) is 0 Å². The van der Waals surface area contributed by atoms with Crippen molar-refractivity contribution in [2.75, 3.05) is 3.11 Å². The topological polar surface area (TPSA) is 12.5 Å². The van der Waals surface area contributed by atoms with Crippen molar-refractivity contribution in [2.45, 2.75) is 19.7 Å². The van der Waals surface area contributed by atoms with E-state index in [1.54, 1.807) is 26.6 Å². The third-order valence-corrected chi connectivity index (χ3v) is 6.84. The molecule has 1 aromatic heterocycles. The van der Waals surface area contributed by atoms with E-state index in [1.165, 1.54) is 27.8 Å². The van der Waals surface area contributed by atoms with Gasteiger partial charge in [-0.05, 0) is 30.2 Å². The zero-order valence-corrected chi connectivity index (χ0v) is 17.7. The number of hydrogen-bond acceptors (Lipinski definition) is 3. The molecule has 0 aliphatic carbocycles. The standard InChI is InChI=1S/C21H15F3INOS/c1-2-13-7-5-8-14-15-9-6-11-17(20(15)28-19(13)14)26(25)16-10-3-4-12-18(16)27-21(22,23)24/h3-12H,2H2,1H3. The average molecular weight is 513 g/mol. The summed E-state index contributed by atoms with van der Waals surface area (Å²) < 4.78 is 46.7. The Morgan fingerprint density at radius 2 is 1.54 bits per heavy atom. The van der Waals surface area contributed by atoms with Crippen molar-refractivity contribution in [3.63, 3.8) is 0 Å². The number of ether oxygens (including phenoxy) is 1. The number of nitrogens with zero attached hydrogens (tertiary/aromatic N) is 1. The number of anilines is 2. The summed E-state index contributed by atoms with van der Waals surface area (Å²) in [6, 6.07) is 18.3. The molecule has 0 amide bonds. The molecule has 0 fully saturated rings. The molecule has 4 rings (SSSR count). The van der Waals surface area contributed by atoms with Gasteiger partial charge in [0.25, 0.3) is 0 Å². The predicted molar refractivity (Wildman–Crippen MR) is 118 cm³/mol. The van der Waals surface area contributed by atoms with Gasteiger partial charge in [-0.25, -0.2) is 0 Å². The summed E-state index contributed by atoms with van der Waals surface area (Å²) in [6.07, 6.45) is -3.82. The van der Waals surface area contributed by atoms with Crippen molar-refractivity contribution in [3.8, 4) is 5.75 Å². The number of fused-ring (bicyclic) bond motifs is 3. The third kappa shape index (κ3) is 3.53. The van der Waals surface area contributed by atoms with Crippen LogP contribution in [-0.2, 0) is 6.42 Å². The van der Waals surface area contributed by atoms with Crippen molar-refractivity contribution in [1.29, 1.82) is 0 Å². The fraction of sp³-hybridized carbons (Fsp3) is 0.143. The van der Waals surface area contributed by atoms with E-state index in [0.29, 0.717) is 5.69 Å². The summed E-state index contributed by atoms with van der Waals surface area (Å²) in [6.45, 7) is 2.12. The molecule has 7 heteroatoms. The van der Waals surface area contributed by atoms with Crippen molar-refractivity contribution in [2.24, 2.45) is 0 Å². The smallest absolute Gasteiger partial charge is 0.404 e. The maximum Gasteiger partial charge on any atom is 0.573 e. The van der Waals surface area contributed by atoms with Crippen molar-refractivity contribution >= 4 is 65.7 Å². The summed E-state index contributed by atoms with van der Waals surface area (Å²) in [5.41, 5.74) is 2.45. The van der Waals surface area contributed by atoms with E-state index in [4.69, 9.17) is 0 Å². The van der Waals surface area contributed by atoms with Crippen LogP contribution in [0.25, 0.3) is 20.2 Å². The van der Waals surface area contributed by atoms with E-state index in [2.05, 4.69) is 29.9 Å². The monoisotopic (exact) mass is 513 g/mol. The van der Waals surface area contributed by atoms with Crippen molar-refractivity contribution in [1.82, 2.24) is 0 Å². The number of alkyl halides is 3. The van der Waals surface area contributed by atoms with Gasteiger partial charge in [0.15, 0.2) is 5.75 Å². The second-order valence-electron chi connectivity index (χ2n) is 6.20. The number of rotatable bonds is 4. The van der Waals surface area contributed by atoms with E-state index in [0.717, 1.165) is 22.2 Å². The van der Waals surface area contributed by atoms with Gasteiger partial charge in [0.1, 0.15) is 0 Å². The summed E-state index contributed by atoms with van der Waals surface area (Å²) in [5, 5.41) is 2.27. The molecule has 0 radical (unpaired) electrons. The minimum Gasteiger partial charge on any atom is -0.404 e. The Balaban J connectivity index is 1.88. The predicted octanol–water partition coefficient (Wildman–Crippen LogP) is 8.00. The highest BCUT2D eigenvalue weighted by atomic mass is 127. The van der Waals surface area contributed by atoms with E-state index in [-0.39, 0.29) is 5.75 Å². The third-order valence-electron chi connectivity index (χ3n) is 4.48. The lowest BCUT2D eigenvalue weighted by Crippen LogP contribution is -2.18. The van der Waals surface area contributed by atoms with Crippen LogP contribution in [0.1, 0.15) is 12.5 Å². The fourth-order valence-corrected chi connectivity index (χ4v) is 5.61. The van der Waals surface area contributed by atoms with Gasteiger partial charge in [0.05, 0.1) is 38.9 Å². The van der Waals surface area contributed by atoms with E-state index in [1.807, 2.05) is 41.1 Å². The second kappa shape index (κ2) is 7.44. The highest BCUT2D eigenvalue weighted by molar-refractivity contribution is 14.1. The van der Waals surface area contributed by atoms with Crippen LogP contribution in [0.3, 0.4) is 0 Å². The van der Waals surface area contributed by atoms with Crippen LogP contribution >= 0.6 is 34.2 Å². The van der Waals surface area contributed by atoms with E-state index < -0.39 is 6.36 Å². The SMILES string of the molecule is CCc1cccc2c1sc1c(N(I)c3ccccc3OC(F)(F)F)cccc12. The molecule has 3 aromatic carbocycles. The zero-order chi connectivity index (χ0) is 19.9. The van der Waals surface area contributed by atoms with Gasteiger partial charge in [0.2, 0.25) is 0 Å². The molecule has 0 unspecified atom stereocenters. The maximum absolute atomic E-state index is 12.8. The highest BCUT2D eigenvalue weighted by Crippen LogP contribution is 2.46. The van der Waals surface area contributed by atoms with Gasteiger partial charge in [0, 0.05) is 15.5 Å². The normalized spacial score (nSPS) is 11.9. The van der Waals surface area contributed by atoms with Crippen molar-refractivity contribution < 1.29 is 17.9 Å². The first kappa shape index (κ1) is 19.3. The Morgan fingerprint density at radius 3 is 2.25 bits per heavy atom. The number of thiophene rings is 1. The highest BCUT2D eigenvalue weighted by Gasteiger charge is 2.33. The maximum atomic E-state index is 12.8. The van der Waals surface area contributed by atoms with Crippen LogP contribution in [0.5, 0.6) is 5.75 Å². The average Bonchev–Trinajstić information content (AvgIpc) is 3.05. The van der Waals surface area contributed by atoms with Gasteiger partial charge >= 0.3 is 6.36 Å². The first-order chi connectivity index (χ1) is 13.4. The van der Waals surface area contributed by atoms with Gasteiger partial charge in [-0.15, -0.1) is 24.5 Å². The molecule has 0 aliphatic rings. The van der Waals surface area contributed by atoms with Gasteiger partial charge < -0.3 is 4.74 Å². The fourth-order valence-electron chi connectivity index (χ4n) is 3.26. The van der Waals surface area contributed by atoms with Crippen LogP contribution in [0.4, 0.5) is 24.5 Å². The summed E-state index contributed by atoms with van der Waals surface area (Å²) >= 11 is 3.71. The summed E-state index contributed by atoms with van der Waals surface area (Å²) in [5.74, 6) is -0.225. The van der Waals surface area contributed by atoms with Gasteiger partial charge in [-0.3, -0.25) is 3.11 Å². The first-order valence-electron chi connectivity index (χ1n) is 8.63. The molecule has 0 saturated heterocycles. The molecule has 0 spiro atoms. The van der Waals surface area contributed by atoms with Gasteiger partial charge in [-0.1, -0.05) is 49.4 Å². The van der Waals surface area contributed by atoms with E-state index in [9.17, 15) is 13.2 Å². The molecule has 0 N–H and O–H groups in total. The number of aryl methyl sites for hydroxylation is 1. The minimum absolute atomic E-state index is 0.225. The van der Waals surface area contributed by atoms with Gasteiger partial charge in [-0.2, -0.15) is 0 Å². The minimum atomic E-state index is -4.74. The lowest BCUT2D eigenvalue weighted by molar-refractivity contribution is -0.274. The summed E-state index contributed by atoms with van der Waals surface area (Å²) in [7, 11) is 0. The molecule has 1 heterocycles. The second-order valence-corrected chi connectivity index (χ2v) is 8.19. The molecule has 0 saturated carbocycles. The summed E-state index contributed by atoms with van der Waals surface area (Å²) in [4.78, 5) is 0. The molecule has 0 bridgehead atoms. The van der Waals surface area contributed by atoms with Crippen LogP contribution < -0.4 is 7.85 Å². The van der Waals surface area contributed by atoms with Crippen LogP contribution in [0.15, 0.2) is 60.7 Å². The van der Waals surface area contributed by atoms with E-state index >= 15 is 0 Å². The molecular formula is C21H15F3INOS. The number of para-hydroxylation sites is 2. The van der Waals surface area contributed by atoms with Crippen LogP contribution in [0.2, 0.25) is 0 Å². The van der Waals surface area contributed by atoms with Crippen molar-refractivity contribution in [3.05, 3.63) is 66.2 Å². The lowest BCUT2D eigenvalue weighted by atomic mass is 10.1.